The van der Waals surface area contributed by atoms with Crippen LogP contribution in [0.25, 0.3) is 0 Å². The number of ether oxygens (including phenoxy) is 2. The lowest BCUT2D eigenvalue weighted by molar-refractivity contribution is -0.140. The molecule has 0 aliphatic heterocycles. The summed E-state index contributed by atoms with van der Waals surface area (Å²) in [6, 6.07) is 17.2. The van der Waals surface area contributed by atoms with Crippen molar-refractivity contribution >= 4 is 27.5 Å². The van der Waals surface area contributed by atoms with Crippen molar-refractivity contribution in [2.45, 2.75) is 62.6 Å². The van der Waals surface area contributed by atoms with E-state index >= 15 is 0 Å². The molecule has 11 heteroatoms. The van der Waals surface area contributed by atoms with Crippen LogP contribution in [0.1, 0.15) is 44.6 Å². The summed E-state index contributed by atoms with van der Waals surface area (Å²) in [5.74, 6) is -0.643. The van der Waals surface area contributed by atoms with E-state index in [0.29, 0.717) is 17.7 Å². The number of benzene rings is 3. The average Bonchev–Trinajstić information content (AvgIpc) is 3.53. The summed E-state index contributed by atoms with van der Waals surface area (Å²) in [4.78, 5) is 29.1. The Bertz CT molecular complexity index is 1500. The number of hydrogen-bond acceptors (Lipinski definition) is 6. The maximum atomic E-state index is 14.2. The van der Waals surface area contributed by atoms with E-state index in [1.165, 1.54) is 55.5 Å². The molecule has 1 aliphatic carbocycles. The first-order valence-electron chi connectivity index (χ1n) is 14.3. The molecule has 1 atom stereocenters. The van der Waals surface area contributed by atoms with Gasteiger partial charge in [0.25, 0.3) is 10.0 Å². The molecule has 0 bridgehead atoms. The summed E-state index contributed by atoms with van der Waals surface area (Å²) in [5.41, 5.74) is 0.783. The summed E-state index contributed by atoms with van der Waals surface area (Å²) in [5, 5.41) is 3.07. The summed E-state index contributed by atoms with van der Waals surface area (Å²) < 4.78 is 53.4. The zero-order chi connectivity index (χ0) is 31.0. The summed E-state index contributed by atoms with van der Waals surface area (Å²) in [7, 11) is -1.34. The molecular weight excluding hydrogens is 573 g/mol. The molecule has 4 rings (SSSR count). The molecule has 43 heavy (non-hydrogen) atoms. The van der Waals surface area contributed by atoms with Crippen molar-refractivity contribution < 1.29 is 31.9 Å². The maximum Gasteiger partial charge on any atom is 0.264 e. The van der Waals surface area contributed by atoms with Gasteiger partial charge in [-0.3, -0.25) is 13.9 Å². The highest BCUT2D eigenvalue weighted by atomic mass is 32.2. The van der Waals surface area contributed by atoms with Crippen LogP contribution in [0.4, 0.5) is 10.1 Å². The number of hydrogen-bond donors (Lipinski definition) is 1. The smallest absolute Gasteiger partial charge is 0.264 e. The number of methoxy groups -OCH3 is 2. The zero-order valence-corrected chi connectivity index (χ0v) is 25.5. The first kappa shape index (κ1) is 31.8. The van der Waals surface area contributed by atoms with Crippen LogP contribution in [0.2, 0.25) is 0 Å². The molecule has 0 radical (unpaired) electrons. The number of anilines is 1. The van der Waals surface area contributed by atoms with Gasteiger partial charge in [-0.25, -0.2) is 12.8 Å². The SMILES string of the molecule is CC[C@H](C(=O)NC1CCCC1)N(Cc1ccc(F)cc1)C(=O)CN(c1ccc(OC)c(OC)c1)S(=O)(=O)c1ccccc1. The Morgan fingerprint density at radius 3 is 2.21 bits per heavy atom. The molecule has 3 aromatic carbocycles. The number of carbonyl (C=O) groups is 2. The minimum absolute atomic E-state index is 0.00584. The minimum Gasteiger partial charge on any atom is -0.493 e. The molecule has 1 N–H and O–H groups in total. The van der Waals surface area contributed by atoms with Gasteiger partial charge in [0.05, 0.1) is 24.8 Å². The Morgan fingerprint density at radius 2 is 1.60 bits per heavy atom. The van der Waals surface area contributed by atoms with Crippen LogP contribution in [0.5, 0.6) is 11.5 Å². The van der Waals surface area contributed by atoms with Crippen LogP contribution in [0.15, 0.2) is 77.7 Å². The first-order chi connectivity index (χ1) is 20.7. The quantitative estimate of drug-likeness (QED) is 0.295. The Balaban J connectivity index is 1.74. The molecule has 0 saturated heterocycles. The van der Waals surface area contributed by atoms with Crippen LogP contribution in [-0.2, 0) is 26.2 Å². The molecule has 1 aliphatic rings. The van der Waals surface area contributed by atoms with Gasteiger partial charge in [-0.1, -0.05) is 50.1 Å². The van der Waals surface area contributed by atoms with Gasteiger partial charge >= 0.3 is 0 Å². The molecule has 230 valence electrons. The summed E-state index contributed by atoms with van der Waals surface area (Å²) >= 11 is 0. The molecule has 0 aromatic heterocycles. The third kappa shape index (κ3) is 7.64. The fourth-order valence-electron chi connectivity index (χ4n) is 5.30. The second-order valence-electron chi connectivity index (χ2n) is 10.4. The van der Waals surface area contributed by atoms with Crippen LogP contribution in [0.3, 0.4) is 0 Å². The number of rotatable bonds is 13. The number of amides is 2. The lowest BCUT2D eigenvalue weighted by Crippen LogP contribution is -2.53. The van der Waals surface area contributed by atoms with Crippen molar-refractivity contribution in [3.8, 4) is 11.5 Å². The van der Waals surface area contributed by atoms with Crippen molar-refractivity contribution in [1.29, 1.82) is 0 Å². The van der Waals surface area contributed by atoms with Crippen LogP contribution >= 0.6 is 0 Å². The van der Waals surface area contributed by atoms with Crippen LogP contribution in [-0.4, -0.2) is 58.0 Å². The fraction of sp³-hybridized carbons (Fsp3) is 0.375. The second kappa shape index (κ2) is 14.4. The van der Waals surface area contributed by atoms with E-state index in [0.717, 1.165) is 30.0 Å². The van der Waals surface area contributed by atoms with Crippen molar-refractivity contribution in [2.75, 3.05) is 25.1 Å². The third-order valence-electron chi connectivity index (χ3n) is 7.62. The summed E-state index contributed by atoms with van der Waals surface area (Å²) in [6.45, 7) is 1.19. The van der Waals surface area contributed by atoms with E-state index in [2.05, 4.69) is 5.32 Å². The molecule has 0 unspecified atom stereocenters. The maximum absolute atomic E-state index is 14.2. The van der Waals surface area contributed by atoms with Gasteiger partial charge < -0.3 is 19.7 Å². The first-order valence-corrected chi connectivity index (χ1v) is 15.8. The van der Waals surface area contributed by atoms with Crippen molar-refractivity contribution in [3.63, 3.8) is 0 Å². The van der Waals surface area contributed by atoms with E-state index in [-0.39, 0.29) is 34.8 Å². The van der Waals surface area contributed by atoms with Gasteiger partial charge in [0.15, 0.2) is 11.5 Å². The second-order valence-corrected chi connectivity index (χ2v) is 12.3. The van der Waals surface area contributed by atoms with E-state index in [1.807, 2.05) is 0 Å². The van der Waals surface area contributed by atoms with Crippen molar-refractivity contribution in [1.82, 2.24) is 10.2 Å². The van der Waals surface area contributed by atoms with Crippen molar-refractivity contribution in [2.24, 2.45) is 0 Å². The zero-order valence-electron chi connectivity index (χ0n) is 24.7. The predicted molar refractivity (Wildman–Crippen MR) is 162 cm³/mol. The topological polar surface area (TPSA) is 105 Å². The molecule has 2 amide bonds. The number of sulfonamides is 1. The molecule has 1 saturated carbocycles. The highest BCUT2D eigenvalue weighted by Gasteiger charge is 2.35. The highest BCUT2D eigenvalue weighted by Crippen LogP contribution is 2.34. The molecule has 3 aromatic rings. The Hall–Kier alpha value is -4.12. The van der Waals surface area contributed by atoms with Crippen LogP contribution in [0, 0.1) is 5.82 Å². The molecular formula is C32H38FN3O6S. The largest absolute Gasteiger partial charge is 0.493 e. The average molecular weight is 612 g/mol. The fourth-order valence-corrected chi connectivity index (χ4v) is 6.73. The van der Waals surface area contributed by atoms with E-state index in [9.17, 15) is 22.4 Å². The van der Waals surface area contributed by atoms with Gasteiger partial charge in [0.1, 0.15) is 18.4 Å². The van der Waals surface area contributed by atoms with Gasteiger partial charge in [0, 0.05) is 18.7 Å². The van der Waals surface area contributed by atoms with E-state index in [1.54, 1.807) is 43.3 Å². The highest BCUT2D eigenvalue weighted by molar-refractivity contribution is 7.92. The molecule has 0 spiro atoms. The van der Waals surface area contributed by atoms with Gasteiger partial charge in [-0.05, 0) is 61.2 Å². The predicted octanol–water partition coefficient (Wildman–Crippen LogP) is 4.90. The van der Waals surface area contributed by atoms with Crippen LogP contribution < -0.4 is 19.1 Å². The van der Waals surface area contributed by atoms with E-state index < -0.39 is 34.3 Å². The normalized spacial score (nSPS) is 14.1. The number of nitrogens with one attached hydrogen (secondary N) is 1. The van der Waals surface area contributed by atoms with Gasteiger partial charge in [-0.2, -0.15) is 0 Å². The summed E-state index contributed by atoms with van der Waals surface area (Å²) in [6.07, 6.45) is 4.09. The van der Waals surface area contributed by atoms with Crippen molar-refractivity contribution in [3.05, 3.63) is 84.2 Å². The van der Waals surface area contributed by atoms with Gasteiger partial charge in [-0.15, -0.1) is 0 Å². The Labute approximate surface area is 252 Å². The van der Waals surface area contributed by atoms with E-state index in [4.69, 9.17) is 9.47 Å². The molecule has 1 fully saturated rings. The Morgan fingerprint density at radius 1 is 0.953 bits per heavy atom. The standard InChI is InChI=1S/C32H38FN3O6S/c1-4-28(32(38)34-25-10-8-9-11-25)35(21-23-14-16-24(33)17-15-23)31(37)22-36(43(39,40)27-12-6-5-7-13-27)26-18-19-29(41-2)30(20-26)42-3/h5-7,12-20,25,28H,4,8-11,21-22H2,1-3H3,(H,34,38)/t28-/m1/s1. The van der Waals surface area contributed by atoms with Gasteiger partial charge in [0.2, 0.25) is 11.8 Å². The number of carbonyl (C=O) groups excluding carboxylic acids is 2. The minimum atomic E-state index is -4.24. The monoisotopic (exact) mass is 611 g/mol. The molecule has 9 nitrogen and oxygen atoms in total. The lowest BCUT2D eigenvalue weighted by atomic mass is 10.1. The number of nitrogens with zero attached hydrogens (tertiary/aromatic N) is 2. The third-order valence-corrected chi connectivity index (χ3v) is 9.41. The lowest BCUT2D eigenvalue weighted by Gasteiger charge is -2.34. The number of halogens is 1. The Kier molecular flexibility index (Phi) is 10.6. The molecule has 0 heterocycles.